The highest BCUT2D eigenvalue weighted by Crippen LogP contribution is 2.26. The molecule has 3 heterocycles. The summed E-state index contributed by atoms with van der Waals surface area (Å²) in [7, 11) is 0. The Morgan fingerprint density at radius 3 is 2.78 bits per heavy atom. The number of hydrogen-bond acceptors (Lipinski definition) is 3. The Bertz CT molecular complexity index is 1270. The number of piperidine rings is 1. The molecule has 1 aliphatic heterocycles. The SMILES string of the molecule is Cc1cc(C)n(-c2cccc(C(=O)N3CCC[C@@H](Cc4cccc5ncccc45)C3)c2)n1. The van der Waals surface area contributed by atoms with E-state index in [9.17, 15) is 4.79 Å². The molecule has 1 fully saturated rings. The fourth-order valence-corrected chi connectivity index (χ4v) is 4.92. The molecular weight excluding hydrogens is 396 g/mol. The molecule has 5 rings (SSSR count). The van der Waals surface area contributed by atoms with Gasteiger partial charge in [-0.25, -0.2) is 4.68 Å². The summed E-state index contributed by atoms with van der Waals surface area (Å²) in [5, 5.41) is 5.78. The van der Waals surface area contributed by atoms with E-state index in [4.69, 9.17) is 0 Å². The summed E-state index contributed by atoms with van der Waals surface area (Å²) in [6, 6.07) is 20.4. The van der Waals surface area contributed by atoms with Crippen molar-refractivity contribution < 1.29 is 4.79 Å². The van der Waals surface area contributed by atoms with E-state index in [1.807, 2.05) is 66.0 Å². The molecule has 1 saturated heterocycles. The predicted molar refractivity (Wildman–Crippen MR) is 127 cm³/mol. The van der Waals surface area contributed by atoms with Crippen LogP contribution >= 0.6 is 0 Å². The van der Waals surface area contributed by atoms with Crippen LogP contribution in [0.5, 0.6) is 0 Å². The number of amides is 1. The number of likely N-dealkylation sites (tertiary alicyclic amines) is 1. The molecule has 0 radical (unpaired) electrons. The number of pyridine rings is 1. The van der Waals surface area contributed by atoms with E-state index in [0.717, 1.165) is 60.5 Å². The third-order valence-corrected chi connectivity index (χ3v) is 6.40. The largest absolute Gasteiger partial charge is 0.338 e. The van der Waals surface area contributed by atoms with Gasteiger partial charge in [0.2, 0.25) is 0 Å². The Kier molecular flexibility index (Phi) is 5.48. The first-order valence-electron chi connectivity index (χ1n) is 11.3. The lowest BCUT2D eigenvalue weighted by Gasteiger charge is -2.33. The summed E-state index contributed by atoms with van der Waals surface area (Å²) in [5.41, 5.74) is 6.05. The molecule has 2 aromatic carbocycles. The molecule has 5 heteroatoms. The van der Waals surface area contributed by atoms with E-state index in [1.165, 1.54) is 10.9 Å². The van der Waals surface area contributed by atoms with Crippen LogP contribution in [0.2, 0.25) is 0 Å². The van der Waals surface area contributed by atoms with Gasteiger partial charge in [-0.05, 0) is 81.0 Å². The van der Waals surface area contributed by atoms with Crippen molar-refractivity contribution in [2.75, 3.05) is 13.1 Å². The maximum absolute atomic E-state index is 13.4. The number of benzene rings is 2. The van der Waals surface area contributed by atoms with Gasteiger partial charge in [0, 0.05) is 35.9 Å². The summed E-state index contributed by atoms with van der Waals surface area (Å²) in [6.45, 7) is 5.63. The van der Waals surface area contributed by atoms with Gasteiger partial charge in [-0.3, -0.25) is 9.78 Å². The molecule has 32 heavy (non-hydrogen) atoms. The zero-order valence-corrected chi connectivity index (χ0v) is 18.7. The second kappa shape index (κ2) is 8.58. The van der Waals surface area contributed by atoms with Gasteiger partial charge >= 0.3 is 0 Å². The third-order valence-electron chi connectivity index (χ3n) is 6.40. The van der Waals surface area contributed by atoms with Crippen molar-refractivity contribution in [3.05, 3.63) is 89.4 Å². The van der Waals surface area contributed by atoms with Crippen molar-refractivity contribution >= 4 is 16.8 Å². The van der Waals surface area contributed by atoms with Crippen LogP contribution < -0.4 is 0 Å². The van der Waals surface area contributed by atoms with Crippen LogP contribution in [0.15, 0.2) is 66.9 Å². The van der Waals surface area contributed by atoms with Gasteiger partial charge in [0.25, 0.3) is 5.91 Å². The third kappa shape index (κ3) is 4.03. The van der Waals surface area contributed by atoms with E-state index in [2.05, 4.69) is 34.3 Å². The highest BCUT2D eigenvalue weighted by atomic mass is 16.2. The number of aryl methyl sites for hydroxylation is 2. The molecular formula is C27H28N4O. The van der Waals surface area contributed by atoms with E-state index >= 15 is 0 Å². The van der Waals surface area contributed by atoms with Gasteiger partial charge in [-0.2, -0.15) is 5.10 Å². The van der Waals surface area contributed by atoms with Crippen LogP contribution in [-0.2, 0) is 6.42 Å². The summed E-state index contributed by atoms with van der Waals surface area (Å²) < 4.78 is 1.90. The summed E-state index contributed by atoms with van der Waals surface area (Å²) in [6.07, 6.45) is 4.99. The summed E-state index contributed by atoms with van der Waals surface area (Å²) in [5.74, 6) is 0.565. The van der Waals surface area contributed by atoms with Crippen molar-refractivity contribution in [3.63, 3.8) is 0 Å². The topological polar surface area (TPSA) is 51.0 Å². The maximum atomic E-state index is 13.4. The molecule has 1 atom stereocenters. The second-order valence-corrected chi connectivity index (χ2v) is 8.84. The standard InChI is InChI=1S/C27H28N4O/c1-19-15-20(2)31(29-19)24-10-3-9-23(17-24)27(32)30-14-6-7-21(18-30)16-22-8-4-12-26-25(22)11-5-13-28-26/h3-5,8-13,15,17,21H,6-7,14,16,18H2,1-2H3/t21-/m0/s1. The molecule has 0 aliphatic carbocycles. The number of nitrogens with zero attached hydrogens (tertiary/aromatic N) is 4. The molecule has 1 aliphatic rings. The number of aromatic nitrogens is 3. The normalized spacial score (nSPS) is 16.4. The van der Waals surface area contributed by atoms with Gasteiger partial charge in [0.15, 0.2) is 0 Å². The quantitative estimate of drug-likeness (QED) is 0.456. The van der Waals surface area contributed by atoms with Gasteiger partial charge < -0.3 is 4.90 Å². The van der Waals surface area contributed by atoms with Gasteiger partial charge in [-0.15, -0.1) is 0 Å². The van der Waals surface area contributed by atoms with Crippen molar-refractivity contribution in [2.24, 2.45) is 5.92 Å². The minimum atomic E-state index is 0.109. The molecule has 0 N–H and O–H groups in total. The Hall–Kier alpha value is -3.47. The fraction of sp³-hybridized carbons (Fsp3) is 0.296. The molecule has 0 bridgehead atoms. The number of carbonyl (C=O) groups excluding carboxylic acids is 1. The molecule has 4 aromatic rings. The smallest absolute Gasteiger partial charge is 0.253 e. The van der Waals surface area contributed by atoms with Crippen LogP contribution in [0.25, 0.3) is 16.6 Å². The van der Waals surface area contributed by atoms with Crippen molar-refractivity contribution in [2.45, 2.75) is 33.1 Å². The predicted octanol–water partition coefficient (Wildman–Crippen LogP) is 5.13. The van der Waals surface area contributed by atoms with E-state index in [1.54, 1.807) is 0 Å². The molecule has 162 valence electrons. The first-order valence-corrected chi connectivity index (χ1v) is 11.3. The van der Waals surface area contributed by atoms with E-state index in [0.29, 0.717) is 5.92 Å². The Balaban J connectivity index is 1.34. The first-order chi connectivity index (χ1) is 15.6. The highest BCUT2D eigenvalue weighted by molar-refractivity contribution is 5.94. The Labute approximate surface area is 188 Å². The van der Waals surface area contributed by atoms with Gasteiger partial charge in [0.05, 0.1) is 16.9 Å². The molecule has 1 amide bonds. The maximum Gasteiger partial charge on any atom is 0.253 e. The van der Waals surface area contributed by atoms with Crippen LogP contribution in [-0.4, -0.2) is 38.7 Å². The highest BCUT2D eigenvalue weighted by Gasteiger charge is 2.25. The molecule has 0 saturated carbocycles. The van der Waals surface area contributed by atoms with Crippen LogP contribution in [0, 0.1) is 19.8 Å². The minimum Gasteiger partial charge on any atom is -0.338 e. The van der Waals surface area contributed by atoms with Crippen molar-refractivity contribution in [3.8, 4) is 5.69 Å². The first kappa shape index (κ1) is 20.4. The van der Waals surface area contributed by atoms with Crippen LogP contribution in [0.1, 0.15) is 40.2 Å². The molecule has 5 nitrogen and oxygen atoms in total. The van der Waals surface area contributed by atoms with Crippen molar-refractivity contribution in [1.29, 1.82) is 0 Å². The molecule has 2 aromatic heterocycles. The van der Waals surface area contributed by atoms with Crippen LogP contribution in [0.3, 0.4) is 0 Å². The Morgan fingerprint density at radius 2 is 1.94 bits per heavy atom. The lowest BCUT2D eigenvalue weighted by molar-refractivity contribution is 0.0673. The zero-order valence-electron chi connectivity index (χ0n) is 18.7. The Morgan fingerprint density at radius 1 is 1.06 bits per heavy atom. The van der Waals surface area contributed by atoms with E-state index < -0.39 is 0 Å². The van der Waals surface area contributed by atoms with Gasteiger partial charge in [0.1, 0.15) is 0 Å². The number of carbonyl (C=O) groups is 1. The monoisotopic (exact) mass is 424 g/mol. The minimum absolute atomic E-state index is 0.109. The van der Waals surface area contributed by atoms with Crippen molar-refractivity contribution in [1.82, 2.24) is 19.7 Å². The number of fused-ring (bicyclic) bond motifs is 1. The van der Waals surface area contributed by atoms with Gasteiger partial charge in [-0.1, -0.05) is 24.3 Å². The van der Waals surface area contributed by atoms with E-state index in [-0.39, 0.29) is 5.91 Å². The fourth-order valence-electron chi connectivity index (χ4n) is 4.92. The average molecular weight is 425 g/mol. The molecule has 0 spiro atoms. The lowest BCUT2D eigenvalue weighted by atomic mass is 9.89. The lowest BCUT2D eigenvalue weighted by Crippen LogP contribution is -2.40. The molecule has 0 unspecified atom stereocenters. The average Bonchev–Trinajstić information content (AvgIpc) is 3.17. The summed E-state index contributed by atoms with van der Waals surface area (Å²) in [4.78, 5) is 19.9. The second-order valence-electron chi connectivity index (χ2n) is 8.84. The zero-order chi connectivity index (χ0) is 22.1. The number of rotatable bonds is 4. The summed E-state index contributed by atoms with van der Waals surface area (Å²) >= 11 is 0. The number of hydrogen-bond donors (Lipinski definition) is 0. The van der Waals surface area contributed by atoms with Crippen LogP contribution in [0.4, 0.5) is 0 Å².